The lowest BCUT2D eigenvalue weighted by molar-refractivity contribution is -0.147. The maximum Gasteiger partial charge on any atom is 0.322 e. The Hall–Kier alpha value is -2.63. The van der Waals surface area contributed by atoms with Gasteiger partial charge in [0.15, 0.2) is 0 Å². The predicted molar refractivity (Wildman–Crippen MR) is 198 cm³/mol. The van der Waals surface area contributed by atoms with Gasteiger partial charge in [-0.1, -0.05) is 140 Å². The monoisotopic (exact) mass is 658 g/mol. The summed E-state index contributed by atoms with van der Waals surface area (Å²) < 4.78 is 5.86. The third-order valence-electron chi connectivity index (χ3n) is 8.22. The molecule has 2 N–H and O–H groups in total. The highest BCUT2D eigenvalue weighted by atomic mass is 16.5. The average Bonchev–Trinajstić information content (AvgIpc) is 3.05. The summed E-state index contributed by atoms with van der Waals surface area (Å²) in [5.41, 5.74) is 0. The highest BCUT2D eigenvalue weighted by Gasteiger charge is 2.11. The van der Waals surface area contributed by atoms with E-state index in [0.29, 0.717) is 12.8 Å². The normalized spacial score (nSPS) is 12.6. The van der Waals surface area contributed by atoms with Crippen molar-refractivity contribution >= 4 is 17.8 Å². The molecule has 0 saturated heterocycles. The van der Waals surface area contributed by atoms with Crippen molar-refractivity contribution in [2.75, 3.05) is 6.54 Å². The van der Waals surface area contributed by atoms with Crippen LogP contribution in [0, 0.1) is 0 Å². The smallest absolute Gasteiger partial charge is 0.322 e. The van der Waals surface area contributed by atoms with Crippen molar-refractivity contribution < 1.29 is 24.2 Å². The van der Waals surface area contributed by atoms with Gasteiger partial charge in [0.2, 0.25) is 5.91 Å². The topological polar surface area (TPSA) is 92.7 Å². The zero-order valence-electron chi connectivity index (χ0n) is 30.4. The Morgan fingerprint density at radius 3 is 1.70 bits per heavy atom. The number of amides is 1. The standard InChI is InChI=1S/C41H71NO5/c1-3-5-7-9-11-13-14-15-16-17-18-19-20-21-22-24-26-32-36-41(46)47-38(33-29-25-23-12-10-8-6-4-2)34-30-27-28-31-35-39(43)42-37-40(44)45/h6,8,12,16-17,23,29,33,38H,3-5,7,9-11,13-15,18-22,24-28,30-32,34-37H2,1-2H3,(H,42,43)(H,44,45)/b8-6-,17-16-,23-12-,33-29-. The van der Waals surface area contributed by atoms with E-state index in [-0.39, 0.29) is 24.5 Å². The first-order valence-electron chi connectivity index (χ1n) is 19.3. The molecule has 0 saturated carbocycles. The zero-order valence-corrected chi connectivity index (χ0v) is 30.4. The van der Waals surface area contributed by atoms with Crippen LogP contribution in [0.25, 0.3) is 0 Å². The van der Waals surface area contributed by atoms with Crippen LogP contribution in [-0.4, -0.2) is 35.6 Å². The van der Waals surface area contributed by atoms with Gasteiger partial charge in [0.1, 0.15) is 12.6 Å². The highest BCUT2D eigenvalue weighted by Crippen LogP contribution is 2.15. The zero-order chi connectivity index (χ0) is 34.5. The number of rotatable bonds is 34. The van der Waals surface area contributed by atoms with Crippen LogP contribution in [0.4, 0.5) is 0 Å². The fourth-order valence-electron chi connectivity index (χ4n) is 5.38. The van der Waals surface area contributed by atoms with E-state index in [9.17, 15) is 14.4 Å². The first-order valence-corrected chi connectivity index (χ1v) is 19.3. The van der Waals surface area contributed by atoms with Gasteiger partial charge in [-0.15, -0.1) is 0 Å². The van der Waals surface area contributed by atoms with Crippen LogP contribution in [0.1, 0.15) is 181 Å². The molecule has 1 atom stereocenters. The molecule has 1 amide bonds. The molecule has 0 heterocycles. The van der Waals surface area contributed by atoms with Crippen LogP contribution >= 0.6 is 0 Å². The van der Waals surface area contributed by atoms with Gasteiger partial charge in [-0.05, 0) is 76.7 Å². The number of nitrogens with one attached hydrogen (secondary N) is 1. The van der Waals surface area contributed by atoms with Gasteiger partial charge >= 0.3 is 11.9 Å². The van der Waals surface area contributed by atoms with E-state index in [4.69, 9.17) is 9.84 Å². The maximum absolute atomic E-state index is 12.6. The van der Waals surface area contributed by atoms with Crippen LogP contribution in [0.3, 0.4) is 0 Å². The second-order valence-electron chi connectivity index (χ2n) is 12.8. The summed E-state index contributed by atoms with van der Waals surface area (Å²) in [6, 6.07) is 0. The van der Waals surface area contributed by atoms with Gasteiger partial charge in [-0.2, -0.15) is 0 Å². The molecule has 0 rings (SSSR count). The van der Waals surface area contributed by atoms with Crippen LogP contribution < -0.4 is 5.32 Å². The summed E-state index contributed by atoms with van der Waals surface area (Å²) in [6.07, 6.45) is 45.4. The molecule has 47 heavy (non-hydrogen) atoms. The summed E-state index contributed by atoms with van der Waals surface area (Å²) in [7, 11) is 0. The maximum atomic E-state index is 12.6. The third-order valence-corrected chi connectivity index (χ3v) is 8.22. The fraction of sp³-hybridized carbons (Fsp3) is 0.732. The van der Waals surface area contributed by atoms with Crippen LogP contribution in [0.5, 0.6) is 0 Å². The molecule has 0 radical (unpaired) electrons. The van der Waals surface area contributed by atoms with E-state index < -0.39 is 5.97 Å². The van der Waals surface area contributed by atoms with Crippen LogP contribution in [0.2, 0.25) is 0 Å². The lowest BCUT2D eigenvalue weighted by atomic mass is 10.1. The van der Waals surface area contributed by atoms with Crippen LogP contribution in [0.15, 0.2) is 48.6 Å². The molecule has 0 aromatic rings. The number of aliphatic carboxylic acids is 1. The number of allylic oxidation sites excluding steroid dienone is 7. The van der Waals surface area contributed by atoms with Crippen molar-refractivity contribution in [3.8, 4) is 0 Å². The summed E-state index contributed by atoms with van der Waals surface area (Å²) in [6.45, 7) is 4.07. The van der Waals surface area contributed by atoms with Gasteiger partial charge in [0.25, 0.3) is 0 Å². The third kappa shape index (κ3) is 36.1. The van der Waals surface area contributed by atoms with E-state index in [2.05, 4.69) is 61.7 Å². The van der Waals surface area contributed by atoms with Crippen molar-refractivity contribution in [3.05, 3.63) is 48.6 Å². The average molecular weight is 658 g/mol. The lowest BCUT2D eigenvalue weighted by Crippen LogP contribution is -2.28. The van der Waals surface area contributed by atoms with E-state index in [1.807, 2.05) is 6.08 Å². The minimum absolute atomic E-state index is 0.113. The van der Waals surface area contributed by atoms with Gasteiger partial charge in [-0.3, -0.25) is 14.4 Å². The molecule has 0 fully saturated rings. The van der Waals surface area contributed by atoms with Crippen molar-refractivity contribution in [2.24, 2.45) is 0 Å². The lowest BCUT2D eigenvalue weighted by Gasteiger charge is -2.14. The molecule has 0 bridgehead atoms. The molecular formula is C41H71NO5. The van der Waals surface area contributed by atoms with Gasteiger partial charge in [0, 0.05) is 12.8 Å². The second kappa shape index (κ2) is 36.2. The number of ether oxygens (including phenoxy) is 1. The molecule has 6 nitrogen and oxygen atoms in total. The Morgan fingerprint density at radius 2 is 1.11 bits per heavy atom. The summed E-state index contributed by atoms with van der Waals surface area (Å²) >= 11 is 0. The largest absolute Gasteiger partial charge is 0.480 e. The quantitative estimate of drug-likeness (QED) is 0.0408. The van der Waals surface area contributed by atoms with Crippen molar-refractivity contribution in [2.45, 2.75) is 187 Å². The molecule has 0 aromatic carbocycles. The van der Waals surface area contributed by atoms with Gasteiger partial charge in [0.05, 0.1) is 0 Å². The first-order chi connectivity index (χ1) is 23.0. The number of hydrogen-bond acceptors (Lipinski definition) is 4. The minimum atomic E-state index is -1.03. The number of esters is 1. The van der Waals surface area contributed by atoms with Gasteiger partial charge < -0.3 is 15.2 Å². The Kier molecular flexibility index (Phi) is 34.2. The number of carbonyl (C=O) groups excluding carboxylic acids is 2. The van der Waals surface area contributed by atoms with Crippen LogP contribution in [-0.2, 0) is 19.1 Å². The molecule has 270 valence electrons. The Balaban J connectivity index is 4.12. The molecule has 1 unspecified atom stereocenters. The molecule has 0 aliphatic carbocycles. The van der Waals surface area contributed by atoms with Crippen molar-refractivity contribution in [1.29, 1.82) is 0 Å². The second-order valence-corrected chi connectivity index (χ2v) is 12.8. The highest BCUT2D eigenvalue weighted by molar-refractivity contribution is 5.80. The number of carbonyl (C=O) groups is 3. The molecular weight excluding hydrogens is 586 g/mol. The number of hydrogen-bond donors (Lipinski definition) is 2. The van der Waals surface area contributed by atoms with Crippen molar-refractivity contribution in [1.82, 2.24) is 5.32 Å². The summed E-state index contributed by atoms with van der Waals surface area (Å²) in [5.74, 6) is -1.37. The van der Waals surface area contributed by atoms with E-state index in [1.165, 1.54) is 89.9 Å². The molecule has 0 aliphatic heterocycles. The Bertz CT molecular complexity index is 860. The fourth-order valence-corrected chi connectivity index (χ4v) is 5.38. The minimum Gasteiger partial charge on any atom is -0.480 e. The molecule has 0 spiro atoms. The SMILES string of the molecule is CC/C=C\C/C=C\C/C=C\C(CCCCCCC(=O)NCC(=O)O)OC(=O)CCCCCCCCC/C=C\CCCCCCCCC. The number of carboxylic acid groups (broad SMARTS) is 1. The molecule has 0 aromatic heterocycles. The Labute approximate surface area is 289 Å². The van der Waals surface area contributed by atoms with E-state index >= 15 is 0 Å². The van der Waals surface area contributed by atoms with E-state index in [0.717, 1.165) is 64.2 Å². The molecule has 0 aliphatic rings. The Morgan fingerprint density at radius 1 is 0.596 bits per heavy atom. The number of carboxylic acids is 1. The number of unbranched alkanes of at least 4 members (excludes halogenated alkanes) is 17. The first kappa shape index (κ1) is 44.4. The molecule has 6 heteroatoms. The predicted octanol–water partition coefficient (Wildman–Crippen LogP) is 11.5. The summed E-state index contributed by atoms with van der Waals surface area (Å²) in [4.78, 5) is 34.8. The van der Waals surface area contributed by atoms with E-state index in [1.54, 1.807) is 0 Å². The summed E-state index contributed by atoms with van der Waals surface area (Å²) in [5, 5.41) is 11.0. The van der Waals surface area contributed by atoms with Gasteiger partial charge in [-0.25, -0.2) is 0 Å². The van der Waals surface area contributed by atoms with Crippen molar-refractivity contribution in [3.63, 3.8) is 0 Å².